The third-order valence-electron chi connectivity index (χ3n) is 4.29. The van der Waals surface area contributed by atoms with Gasteiger partial charge in [0.1, 0.15) is 18.2 Å². The molecule has 3 aromatic carbocycles. The van der Waals surface area contributed by atoms with Gasteiger partial charge in [-0.2, -0.15) is 5.26 Å². The zero-order valence-electron chi connectivity index (χ0n) is 16.2. The molecule has 0 saturated carbocycles. The van der Waals surface area contributed by atoms with Gasteiger partial charge in [0.05, 0.1) is 9.50 Å². The minimum Gasteiger partial charge on any atom is -0.486 e. The molecular formula is C24H17BrCl2N2O2. The number of hydrogen-bond donors (Lipinski definition) is 1. The molecule has 0 saturated heterocycles. The molecule has 3 rings (SSSR count). The number of ether oxygens (including phenoxy) is 1. The van der Waals surface area contributed by atoms with E-state index in [4.69, 9.17) is 27.9 Å². The fourth-order valence-corrected chi connectivity index (χ4v) is 3.84. The zero-order valence-corrected chi connectivity index (χ0v) is 19.3. The summed E-state index contributed by atoms with van der Waals surface area (Å²) in [6.07, 6.45) is 1.49. The van der Waals surface area contributed by atoms with Gasteiger partial charge in [-0.05, 0) is 63.0 Å². The maximum absolute atomic E-state index is 12.4. The summed E-state index contributed by atoms with van der Waals surface area (Å²) in [5, 5.41) is 13.2. The first-order valence-corrected chi connectivity index (χ1v) is 10.8. The second-order valence-corrected chi connectivity index (χ2v) is 8.26. The van der Waals surface area contributed by atoms with E-state index in [2.05, 4.69) is 21.2 Å². The lowest BCUT2D eigenvalue weighted by Gasteiger charge is -2.11. The minimum absolute atomic E-state index is 0.0197. The lowest BCUT2D eigenvalue weighted by Crippen LogP contribution is -2.23. The third-order valence-corrected chi connectivity index (χ3v) is 5.41. The van der Waals surface area contributed by atoms with E-state index in [0.717, 1.165) is 11.1 Å². The van der Waals surface area contributed by atoms with Gasteiger partial charge in [0.25, 0.3) is 5.91 Å². The second-order valence-electron chi connectivity index (χ2n) is 6.57. The Morgan fingerprint density at radius 2 is 1.77 bits per heavy atom. The lowest BCUT2D eigenvalue weighted by atomic mass is 10.1. The average molecular weight is 516 g/mol. The standard InChI is InChI=1S/C24H17BrCl2N2O2/c25-21-11-18(10-19(13-28)24(30)29-14-16-4-2-1-3-5-16)12-22(27)23(21)31-15-17-6-8-20(26)9-7-17/h1-12H,14-15H2,(H,29,30)/b19-10-. The SMILES string of the molecule is N#C/C(=C/c1cc(Cl)c(OCc2ccc(Cl)cc2)c(Br)c1)C(=O)NCc1ccccc1. The third kappa shape index (κ3) is 6.60. The van der Waals surface area contributed by atoms with E-state index in [-0.39, 0.29) is 5.57 Å². The van der Waals surface area contributed by atoms with Crippen LogP contribution < -0.4 is 10.1 Å². The highest BCUT2D eigenvalue weighted by Crippen LogP contribution is 2.35. The van der Waals surface area contributed by atoms with Crippen molar-refractivity contribution in [2.45, 2.75) is 13.2 Å². The average Bonchev–Trinajstić information content (AvgIpc) is 2.77. The Balaban J connectivity index is 1.71. The number of amides is 1. The van der Waals surface area contributed by atoms with Gasteiger partial charge in [0.15, 0.2) is 5.75 Å². The monoisotopic (exact) mass is 514 g/mol. The van der Waals surface area contributed by atoms with Crippen molar-refractivity contribution in [3.8, 4) is 11.8 Å². The van der Waals surface area contributed by atoms with Gasteiger partial charge in [0, 0.05) is 11.6 Å². The summed E-state index contributed by atoms with van der Waals surface area (Å²) in [4.78, 5) is 12.4. The van der Waals surface area contributed by atoms with E-state index in [1.54, 1.807) is 24.3 Å². The fraction of sp³-hybridized carbons (Fsp3) is 0.0833. The number of nitriles is 1. The molecule has 0 atom stereocenters. The van der Waals surface area contributed by atoms with Gasteiger partial charge in [-0.15, -0.1) is 0 Å². The van der Waals surface area contributed by atoms with E-state index >= 15 is 0 Å². The molecule has 0 radical (unpaired) electrons. The van der Waals surface area contributed by atoms with Crippen molar-refractivity contribution >= 4 is 51.1 Å². The number of carbonyl (C=O) groups is 1. The predicted molar refractivity (Wildman–Crippen MR) is 127 cm³/mol. The van der Waals surface area contributed by atoms with Crippen LogP contribution in [0.15, 0.2) is 76.8 Å². The molecule has 0 heterocycles. The highest BCUT2D eigenvalue weighted by atomic mass is 79.9. The quantitative estimate of drug-likeness (QED) is 0.286. The second kappa shape index (κ2) is 11.0. The molecule has 7 heteroatoms. The predicted octanol–water partition coefficient (Wildman–Crippen LogP) is 6.56. The van der Waals surface area contributed by atoms with Crippen LogP contribution >= 0.6 is 39.1 Å². The van der Waals surface area contributed by atoms with Gasteiger partial charge in [-0.1, -0.05) is 65.7 Å². The Morgan fingerprint density at radius 3 is 2.42 bits per heavy atom. The molecule has 0 bridgehead atoms. The first kappa shape index (κ1) is 22.9. The first-order chi connectivity index (χ1) is 15.0. The van der Waals surface area contributed by atoms with Crippen LogP contribution in [0.3, 0.4) is 0 Å². The molecule has 0 spiro atoms. The molecule has 0 aliphatic rings. The molecule has 3 aromatic rings. The van der Waals surface area contributed by atoms with Crippen molar-refractivity contribution in [3.63, 3.8) is 0 Å². The summed E-state index contributed by atoms with van der Waals surface area (Å²) in [6.45, 7) is 0.649. The Labute approximate surface area is 199 Å². The van der Waals surface area contributed by atoms with Crippen molar-refractivity contribution in [2.24, 2.45) is 0 Å². The van der Waals surface area contributed by atoms with Crippen LogP contribution in [0.1, 0.15) is 16.7 Å². The highest BCUT2D eigenvalue weighted by Gasteiger charge is 2.13. The number of rotatable bonds is 7. The Kier molecular flexibility index (Phi) is 8.13. The van der Waals surface area contributed by atoms with Crippen molar-refractivity contribution in [1.82, 2.24) is 5.32 Å². The summed E-state index contributed by atoms with van der Waals surface area (Å²) in [6, 6.07) is 22.1. The molecule has 1 N–H and O–H groups in total. The van der Waals surface area contributed by atoms with E-state index in [9.17, 15) is 10.1 Å². The number of halogens is 3. The number of benzene rings is 3. The van der Waals surface area contributed by atoms with Crippen LogP contribution in [-0.2, 0) is 17.9 Å². The molecule has 31 heavy (non-hydrogen) atoms. The normalized spacial score (nSPS) is 11.0. The maximum atomic E-state index is 12.4. The summed E-state index contributed by atoms with van der Waals surface area (Å²) in [5.74, 6) is 0.0162. The Bertz CT molecular complexity index is 1120. The molecule has 0 unspecified atom stereocenters. The van der Waals surface area contributed by atoms with Crippen molar-refractivity contribution in [3.05, 3.63) is 104 Å². The van der Waals surface area contributed by atoms with Gasteiger partial charge < -0.3 is 10.1 Å². The van der Waals surface area contributed by atoms with E-state index in [1.165, 1.54) is 6.08 Å². The van der Waals surface area contributed by atoms with Crippen LogP contribution in [0.4, 0.5) is 0 Å². The van der Waals surface area contributed by atoms with Gasteiger partial charge in [-0.25, -0.2) is 0 Å². The topological polar surface area (TPSA) is 62.1 Å². The van der Waals surface area contributed by atoms with Crippen molar-refractivity contribution < 1.29 is 9.53 Å². The van der Waals surface area contributed by atoms with E-state index in [0.29, 0.717) is 39.0 Å². The molecule has 156 valence electrons. The lowest BCUT2D eigenvalue weighted by molar-refractivity contribution is -0.117. The first-order valence-electron chi connectivity index (χ1n) is 9.26. The largest absolute Gasteiger partial charge is 0.486 e. The van der Waals surface area contributed by atoms with Crippen molar-refractivity contribution in [1.29, 1.82) is 5.26 Å². The number of nitrogens with zero attached hydrogens (tertiary/aromatic N) is 1. The molecule has 0 fully saturated rings. The van der Waals surface area contributed by atoms with Gasteiger partial charge >= 0.3 is 0 Å². The summed E-state index contributed by atoms with van der Waals surface area (Å²) in [5.41, 5.74) is 2.47. The minimum atomic E-state index is -0.457. The molecule has 1 amide bonds. The molecule has 0 aromatic heterocycles. The Morgan fingerprint density at radius 1 is 1.06 bits per heavy atom. The number of hydrogen-bond acceptors (Lipinski definition) is 3. The van der Waals surface area contributed by atoms with Crippen LogP contribution in [-0.4, -0.2) is 5.91 Å². The number of nitrogens with one attached hydrogen (secondary N) is 1. The van der Waals surface area contributed by atoms with Crippen molar-refractivity contribution in [2.75, 3.05) is 0 Å². The molecule has 0 aliphatic heterocycles. The Hall–Kier alpha value is -2.78. The molecular weight excluding hydrogens is 499 g/mol. The van der Waals surface area contributed by atoms with Crippen LogP contribution in [0.5, 0.6) is 5.75 Å². The van der Waals surface area contributed by atoms with Gasteiger partial charge in [0.2, 0.25) is 0 Å². The summed E-state index contributed by atoms with van der Waals surface area (Å²) < 4.78 is 6.44. The van der Waals surface area contributed by atoms with Crippen LogP contribution in [0, 0.1) is 11.3 Å². The summed E-state index contributed by atoms with van der Waals surface area (Å²) in [7, 11) is 0. The van der Waals surface area contributed by atoms with E-state index in [1.807, 2.05) is 48.5 Å². The van der Waals surface area contributed by atoms with Crippen LogP contribution in [0.2, 0.25) is 10.0 Å². The highest BCUT2D eigenvalue weighted by molar-refractivity contribution is 9.10. The maximum Gasteiger partial charge on any atom is 0.262 e. The fourth-order valence-electron chi connectivity index (χ4n) is 2.73. The zero-order chi connectivity index (χ0) is 22.2. The van der Waals surface area contributed by atoms with Gasteiger partial charge in [-0.3, -0.25) is 4.79 Å². The smallest absolute Gasteiger partial charge is 0.262 e. The number of carbonyl (C=O) groups excluding carboxylic acids is 1. The van der Waals surface area contributed by atoms with Crippen LogP contribution in [0.25, 0.3) is 6.08 Å². The molecule has 4 nitrogen and oxygen atoms in total. The molecule has 0 aliphatic carbocycles. The van der Waals surface area contributed by atoms with E-state index < -0.39 is 5.91 Å². The summed E-state index contributed by atoms with van der Waals surface area (Å²) >= 11 is 15.7.